The summed E-state index contributed by atoms with van der Waals surface area (Å²) in [4.78, 5) is 25.2. The van der Waals surface area contributed by atoms with Gasteiger partial charge in [-0.05, 0) is 56.2 Å². The first kappa shape index (κ1) is 22.1. The molecule has 0 bridgehead atoms. The molecule has 2 amide bonds. The summed E-state index contributed by atoms with van der Waals surface area (Å²) in [6.07, 6.45) is 1.44. The lowest BCUT2D eigenvalue weighted by molar-refractivity contribution is 0.0948. The van der Waals surface area contributed by atoms with E-state index in [1.54, 1.807) is 30.3 Å². The zero-order chi connectivity index (χ0) is 23.4. The molecule has 0 aliphatic carbocycles. The summed E-state index contributed by atoms with van der Waals surface area (Å²) in [5.74, 6) is -0.376. The molecule has 4 rings (SSSR count). The average Bonchev–Trinajstić information content (AvgIpc) is 3.43. The fourth-order valence-electron chi connectivity index (χ4n) is 3.66. The smallest absolute Gasteiger partial charge is 0.291 e. The molecule has 7 nitrogen and oxygen atoms in total. The number of benzene rings is 2. The largest absolute Gasteiger partial charge is 0.459 e. The van der Waals surface area contributed by atoms with E-state index in [0.29, 0.717) is 24.3 Å². The van der Waals surface area contributed by atoms with Crippen LogP contribution in [0.4, 0.5) is 5.69 Å². The minimum absolute atomic E-state index is 0.211. The molecule has 168 valence electrons. The van der Waals surface area contributed by atoms with Crippen LogP contribution in [0.3, 0.4) is 0 Å². The Morgan fingerprint density at radius 1 is 0.970 bits per heavy atom. The number of nitrogens with one attached hydrogen (secondary N) is 2. The highest BCUT2D eigenvalue weighted by Gasteiger charge is 2.16. The number of carbonyl (C=O) groups is 2. The minimum atomic E-state index is -0.363. The Labute approximate surface area is 192 Å². The standard InChI is InChI=1S/C26H26N4O3/c1-17-11-12-21(14-23(17)28-26(32)24-10-7-13-33-24)25(31)27-15-22-18(2)29-30(19(22)3)16-20-8-5-4-6-9-20/h4-14H,15-16H2,1-3H3,(H,27,31)(H,28,32). The van der Waals surface area contributed by atoms with E-state index in [2.05, 4.69) is 27.9 Å². The van der Waals surface area contributed by atoms with Crippen molar-refractivity contribution in [2.75, 3.05) is 5.32 Å². The van der Waals surface area contributed by atoms with Gasteiger partial charge >= 0.3 is 0 Å². The van der Waals surface area contributed by atoms with E-state index < -0.39 is 0 Å². The molecule has 0 atom stereocenters. The average molecular weight is 443 g/mol. The molecule has 2 heterocycles. The van der Waals surface area contributed by atoms with Crippen LogP contribution in [0.15, 0.2) is 71.3 Å². The highest BCUT2D eigenvalue weighted by atomic mass is 16.3. The number of furan rings is 1. The van der Waals surface area contributed by atoms with Crippen molar-refractivity contribution in [1.29, 1.82) is 0 Å². The number of carbonyl (C=O) groups excluding carboxylic acids is 2. The first-order valence-electron chi connectivity index (χ1n) is 10.7. The molecular weight excluding hydrogens is 416 g/mol. The van der Waals surface area contributed by atoms with E-state index in [4.69, 9.17) is 4.42 Å². The van der Waals surface area contributed by atoms with Gasteiger partial charge in [0.05, 0.1) is 18.5 Å². The van der Waals surface area contributed by atoms with Gasteiger partial charge in [0.2, 0.25) is 0 Å². The van der Waals surface area contributed by atoms with E-state index in [1.807, 2.05) is 43.7 Å². The number of hydrogen-bond acceptors (Lipinski definition) is 4. The number of hydrogen-bond donors (Lipinski definition) is 2. The first-order valence-corrected chi connectivity index (χ1v) is 10.7. The van der Waals surface area contributed by atoms with E-state index in [-0.39, 0.29) is 17.6 Å². The lowest BCUT2D eigenvalue weighted by Crippen LogP contribution is -2.24. The minimum Gasteiger partial charge on any atom is -0.459 e. The normalized spacial score (nSPS) is 10.8. The van der Waals surface area contributed by atoms with Crippen molar-refractivity contribution in [3.63, 3.8) is 0 Å². The second-order valence-electron chi connectivity index (χ2n) is 7.94. The third-order valence-electron chi connectivity index (χ3n) is 5.63. The SMILES string of the molecule is Cc1ccc(C(=O)NCc2c(C)nn(Cc3ccccc3)c2C)cc1NC(=O)c1ccco1. The van der Waals surface area contributed by atoms with Crippen LogP contribution in [-0.2, 0) is 13.1 Å². The highest BCUT2D eigenvalue weighted by Crippen LogP contribution is 2.19. The van der Waals surface area contributed by atoms with Crippen LogP contribution in [0.25, 0.3) is 0 Å². The maximum absolute atomic E-state index is 12.8. The van der Waals surface area contributed by atoms with Gasteiger partial charge in [0.1, 0.15) is 0 Å². The van der Waals surface area contributed by atoms with E-state index in [0.717, 1.165) is 22.5 Å². The van der Waals surface area contributed by atoms with Gasteiger partial charge in [0, 0.05) is 29.1 Å². The second kappa shape index (κ2) is 9.56. The Hall–Kier alpha value is -4.13. The van der Waals surface area contributed by atoms with Crippen molar-refractivity contribution >= 4 is 17.5 Å². The van der Waals surface area contributed by atoms with Gasteiger partial charge in [-0.1, -0.05) is 36.4 Å². The lowest BCUT2D eigenvalue weighted by Gasteiger charge is -2.11. The van der Waals surface area contributed by atoms with Crippen LogP contribution in [0.2, 0.25) is 0 Å². The molecule has 0 fully saturated rings. The Bertz CT molecular complexity index is 1270. The molecule has 7 heteroatoms. The van der Waals surface area contributed by atoms with Gasteiger partial charge in [0.25, 0.3) is 11.8 Å². The van der Waals surface area contributed by atoms with E-state index in [1.165, 1.54) is 11.8 Å². The molecule has 0 saturated heterocycles. The van der Waals surface area contributed by atoms with Gasteiger partial charge < -0.3 is 15.1 Å². The molecular formula is C26H26N4O3. The number of aromatic nitrogens is 2. The topological polar surface area (TPSA) is 89.2 Å². The van der Waals surface area contributed by atoms with Crippen LogP contribution in [0.5, 0.6) is 0 Å². The molecule has 0 aliphatic rings. The van der Waals surface area contributed by atoms with Gasteiger partial charge in [-0.2, -0.15) is 5.10 Å². The summed E-state index contributed by atoms with van der Waals surface area (Å²) in [5.41, 5.74) is 5.95. The number of anilines is 1. The van der Waals surface area contributed by atoms with Crippen molar-refractivity contribution in [2.45, 2.75) is 33.9 Å². The maximum Gasteiger partial charge on any atom is 0.291 e. The summed E-state index contributed by atoms with van der Waals surface area (Å²) in [6.45, 7) is 6.88. The Morgan fingerprint density at radius 2 is 1.76 bits per heavy atom. The van der Waals surface area contributed by atoms with Crippen molar-refractivity contribution in [3.8, 4) is 0 Å². The van der Waals surface area contributed by atoms with Crippen LogP contribution >= 0.6 is 0 Å². The van der Waals surface area contributed by atoms with Crippen molar-refractivity contribution < 1.29 is 14.0 Å². The van der Waals surface area contributed by atoms with Crippen LogP contribution in [0, 0.1) is 20.8 Å². The first-order chi connectivity index (χ1) is 15.9. The van der Waals surface area contributed by atoms with Crippen molar-refractivity contribution in [1.82, 2.24) is 15.1 Å². The van der Waals surface area contributed by atoms with Gasteiger partial charge in [0.15, 0.2) is 5.76 Å². The summed E-state index contributed by atoms with van der Waals surface area (Å²) in [5, 5.41) is 10.4. The predicted octanol–water partition coefficient (Wildman–Crippen LogP) is 4.63. The maximum atomic E-state index is 12.8. The summed E-state index contributed by atoms with van der Waals surface area (Å²) in [7, 11) is 0. The van der Waals surface area contributed by atoms with Gasteiger partial charge in [-0.3, -0.25) is 14.3 Å². The van der Waals surface area contributed by atoms with Gasteiger partial charge in [-0.15, -0.1) is 0 Å². The molecule has 0 aliphatic heterocycles. The van der Waals surface area contributed by atoms with Crippen LogP contribution in [0.1, 0.15) is 49.0 Å². The quantitative estimate of drug-likeness (QED) is 0.437. The molecule has 4 aromatic rings. The van der Waals surface area contributed by atoms with Crippen LogP contribution in [-0.4, -0.2) is 21.6 Å². The van der Waals surface area contributed by atoms with Crippen molar-refractivity contribution in [2.24, 2.45) is 0 Å². The summed E-state index contributed by atoms with van der Waals surface area (Å²) >= 11 is 0. The molecule has 0 saturated carbocycles. The zero-order valence-electron chi connectivity index (χ0n) is 18.9. The highest BCUT2D eigenvalue weighted by molar-refractivity contribution is 6.03. The fourth-order valence-corrected chi connectivity index (χ4v) is 3.66. The summed E-state index contributed by atoms with van der Waals surface area (Å²) < 4.78 is 7.09. The third kappa shape index (κ3) is 5.03. The molecule has 2 N–H and O–H groups in total. The van der Waals surface area contributed by atoms with E-state index >= 15 is 0 Å². The monoisotopic (exact) mass is 442 g/mol. The molecule has 0 unspecified atom stereocenters. The van der Waals surface area contributed by atoms with Crippen molar-refractivity contribution in [3.05, 3.63) is 106 Å². The predicted molar refractivity (Wildman–Crippen MR) is 126 cm³/mol. The number of amides is 2. The Kier molecular flexibility index (Phi) is 6.40. The van der Waals surface area contributed by atoms with Gasteiger partial charge in [-0.25, -0.2) is 0 Å². The Morgan fingerprint density at radius 3 is 2.48 bits per heavy atom. The molecule has 33 heavy (non-hydrogen) atoms. The van der Waals surface area contributed by atoms with E-state index in [9.17, 15) is 9.59 Å². The molecule has 2 aromatic carbocycles. The van der Waals surface area contributed by atoms with Crippen LogP contribution < -0.4 is 10.6 Å². The molecule has 2 aromatic heterocycles. The fraction of sp³-hybridized carbons (Fsp3) is 0.192. The summed E-state index contributed by atoms with van der Waals surface area (Å²) in [6, 6.07) is 18.6. The molecule has 0 radical (unpaired) electrons. The lowest BCUT2D eigenvalue weighted by atomic mass is 10.1. The molecule has 0 spiro atoms. The Balaban J connectivity index is 1.44. The third-order valence-corrected chi connectivity index (χ3v) is 5.63. The number of aryl methyl sites for hydroxylation is 2. The number of rotatable bonds is 7. The number of nitrogens with zero attached hydrogens (tertiary/aromatic N) is 2. The second-order valence-corrected chi connectivity index (χ2v) is 7.94. The zero-order valence-corrected chi connectivity index (χ0v) is 18.9.